The Morgan fingerprint density at radius 2 is 2.18 bits per heavy atom. The van der Waals surface area contributed by atoms with Crippen LogP contribution in [0.25, 0.3) is 0 Å². The molecule has 0 aliphatic carbocycles. The molecular weight excluding hydrogens is 243 g/mol. The van der Waals surface area contributed by atoms with Gasteiger partial charge in [0.2, 0.25) is 5.91 Å². The van der Waals surface area contributed by atoms with Crippen molar-refractivity contribution < 1.29 is 9.18 Å². The maximum atomic E-state index is 13.2. The SMILES string of the molecule is CC(C)(CC(N)=O)NCc1cccc(F)c1Cl. The minimum absolute atomic E-state index is 0.106. The van der Waals surface area contributed by atoms with E-state index in [2.05, 4.69) is 5.32 Å². The topological polar surface area (TPSA) is 55.1 Å². The van der Waals surface area contributed by atoms with Crippen LogP contribution in [0, 0.1) is 5.82 Å². The Balaban J connectivity index is 2.67. The van der Waals surface area contributed by atoms with E-state index in [-0.39, 0.29) is 17.4 Å². The van der Waals surface area contributed by atoms with Crippen molar-refractivity contribution in [2.75, 3.05) is 0 Å². The lowest BCUT2D eigenvalue weighted by Gasteiger charge is -2.25. The quantitative estimate of drug-likeness (QED) is 0.851. The molecular formula is C12H16ClFN2O. The summed E-state index contributed by atoms with van der Waals surface area (Å²) < 4.78 is 13.2. The normalized spacial score (nSPS) is 11.5. The van der Waals surface area contributed by atoms with Crippen LogP contribution in [0.5, 0.6) is 0 Å². The molecule has 94 valence electrons. The molecule has 0 aliphatic heterocycles. The number of halogens is 2. The zero-order valence-electron chi connectivity index (χ0n) is 9.89. The predicted octanol–water partition coefficient (Wildman–Crippen LogP) is 2.22. The van der Waals surface area contributed by atoms with E-state index in [0.29, 0.717) is 12.1 Å². The number of carbonyl (C=O) groups is 1. The molecule has 3 N–H and O–H groups in total. The Labute approximate surface area is 105 Å². The minimum Gasteiger partial charge on any atom is -0.370 e. The summed E-state index contributed by atoms with van der Waals surface area (Å²) >= 11 is 5.82. The maximum Gasteiger partial charge on any atom is 0.219 e. The second-order valence-electron chi connectivity index (χ2n) is 4.59. The number of amides is 1. The van der Waals surface area contributed by atoms with Gasteiger partial charge in [-0.2, -0.15) is 0 Å². The highest BCUT2D eigenvalue weighted by Crippen LogP contribution is 2.20. The summed E-state index contributed by atoms with van der Waals surface area (Å²) in [5, 5.41) is 3.23. The van der Waals surface area contributed by atoms with Gasteiger partial charge in [-0.1, -0.05) is 23.7 Å². The van der Waals surface area contributed by atoms with Gasteiger partial charge in [-0.25, -0.2) is 4.39 Å². The van der Waals surface area contributed by atoms with E-state index in [1.807, 2.05) is 13.8 Å². The molecule has 0 saturated heterocycles. The molecule has 1 amide bonds. The lowest BCUT2D eigenvalue weighted by Crippen LogP contribution is -2.42. The summed E-state index contributed by atoms with van der Waals surface area (Å²) in [4.78, 5) is 10.8. The molecule has 0 spiro atoms. The third kappa shape index (κ3) is 4.32. The summed E-state index contributed by atoms with van der Waals surface area (Å²) in [6.45, 7) is 4.09. The van der Waals surface area contributed by atoms with Crippen LogP contribution in [0.4, 0.5) is 4.39 Å². The molecule has 3 nitrogen and oxygen atoms in total. The first-order valence-electron chi connectivity index (χ1n) is 5.28. The Hall–Kier alpha value is -1.13. The molecule has 0 fully saturated rings. The summed E-state index contributed by atoms with van der Waals surface area (Å²) in [5.41, 5.74) is 5.35. The van der Waals surface area contributed by atoms with E-state index in [1.54, 1.807) is 12.1 Å². The molecule has 0 heterocycles. The smallest absolute Gasteiger partial charge is 0.219 e. The number of carbonyl (C=O) groups excluding carboxylic acids is 1. The van der Waals surface area contributed by atoms with Gasteiger partial charge in [0.05, 0.1) is 5.02 Å². The van der Waals surface area contributed by atoms with Crippen molar-refractivity contribution in [1.82, 2.24) is 5.32 Å². The van der Waals surface area contributed by atoms with Crippen molar-refractivity contribution in [3.63, 3.8) is 0 Å². The number of nitrogens with one attached hydrogen (secondary N) is 1. The summed E-state index contributed by atoms with van der Waals surface area (Å²) in [6.07, 6.45) is 0.208. The molecule has 0 saturated carbocycles. The molecule has 0 aliphatic rings. The van der Waals surface area contributed by atoms with Crippen LogP contribution in [-0.2, 0) is 11.3 Å². The lowest BCUT2D eigenvalue weighted by molar-refractivity contribution is -0.119. The van der Waals surface area contributed by atoms with Gasteiger partial charge in [-0.3, -0.25) is 4.79 Å². The third-order valence-electron chi connectivity index (χ3n) is 2.41. The van der Waals surface area contributed by atoms with Crippen molar-refractivity contribution >= 4 is 17.5 Å². The fraction of sp³-hybridized carbons (Fsp3) is 0.417. The van der Waals surface area contributed by atoms with Gasteiger partial charge < -0.3 is 11.1 Å². The van der Waals surface area contributed by atoms with E-state index in [4.69, 9.17) is 17.3 Å². The molecule has 0 radical (unpaired) electrons. The molecule has 1 rings (SSSR count). The van der Waals surface area contributed by atoms with Crippen LogP contribution >= 0.6 is 11.6 Å². The van der Waals surface area contributed by atoms with Gasteiger partial charge in [0.15, 0.2) is 0 Å². The number of nitrogens with two attached hydrogens (primary N) is 1. The molecule has 1 aromatic rings. The molecule has 0 atom stereocenters. The number of benzene rings is 1. The van der Waals surface area contributed by atoms with Crippen molar-refractivity contribution in [2.45, 2.75) is 32.4 Å². The minimum atomic E-state index is -0.446. The highest BCUT2D eigenvalue weighted by molar-refractivity contribution is 6.31. The van der Waals surface area contributed by atoms with Crippen LogP contribution in [0.15, 0.2) is 18.2 Å². The van der Waals surface area contributed by atoms with Crippen LogP contribution < -0.4 is 11.1 Å². The summed E-state index contributed by atoms with van der Waals surface area (Å²) in [6, 6.07) is 4.64. The van der Waals surface area contributed by atoms with E-state index in [0.717, 1.165) is 0 Å². The second kappa shape index (κ2) is 5.47. The predicted molar refractivity (Wildman–Crippen MR) is 66.1 cm³/mol. The third-order valence-corrected chi connectivity index (χ3v) is 2.83. The van der Waals surface area contributed by atoms with E-state index >= 15 is 0 Å². The largest absolute Gasteiger partial charge is 0.370 e. The molecule has 0 aromatic heterocycles. The van der Waals surface area contributed by atoms with Crippen molar-refractivity contribution in [1.29, 1.82) is 0 Å². The standard InChI is InChI=1S/C12H16ClFN2O/c1-12(2,6-10(15)17)16-7-8-4-3-5-9(14)11(8)13/h3-5,16H,6-7H2,1-2H3,(H2,15,17). The van der Waals surface area contributed by atoms with Gasteiger partial charge in [-0.15, -0.1) is 0 Å². The zero-order valence-corrected chi connectivity index (χ0v) is 10.6. The molecule has 1 aromatic carbocycles. The number of primary amides is 1. The Kier molecular flexibility index (Phi) is 4.48. The van der Waals surface area contributed by atoms with Crippen LogP contribution in [0.1, 0.15) is 25.8 Å². The van der Waals surface area contributed by atoms with Crippen molar-refractivity contribution in [3.05, 3.63) is 34.6 Å². The monoisotopic (exact) mass is 258 g/mol. The highest BCUT2D eigenvalue weighted by Gasteiger charge is 2.20. The van der Waals surface area contributed by atoms with Gasteiger partial charge in [0.1, 0.15) is 5.82 Å². The van der Waals surface area contributed by atoms with Gasteiger partial charge in [-0.05, 0) is 25.5 Å². The van der Waals surface area contributed by atoms with Gasteiger partial charge in [0.25, 0.3) is 0 Å². The maximum absolute atomic E-state index is 13.2. The number of rotatable bonds is 5. The highest BCUT2D eigenvalue weighted by atomic mass is 35.5. The van der Waals surface area contributed by atoms with E-state index in [9.17, 15) is 9.18 Å². The Morgan fingerprint density at radius 3 is 2.76 bits per heavy atom. The number of hydrogen-bond donors (Lipinski definition) is 2. The summed E-state index contributed by atoms with van der Waals surface area (Å²) in [7, 11) is 0. The van der Waals surface area contributed by atoms with E-state index < -0.39 is 11.4 Å². The van der Waals surface area contributed by atoms with Crippen molar-refractivity contribution in [3.8, 4) is 0 Å². The Morgan fingerprint density at radius 1 is 1.53 bits per heavy atom. The molecule has 0 unspecified atom stereocenters. The van der Waals surface area contributed by atoms with Crippen molar-refractivity contribution in [2.24, 2.45) is 5.73 Å². The zero-order chi connectivity index (χ0) is 13.1. The average molecular weight is 259 g/mol. The average Bonchev–Trinajstić information content (AvgIpc) is 2.18. The fourth-order valence-electron chi connectivity index (χ4n) is 1.52. The fourth-order valence-corrected chi connectivity index (χ4v) is 1.71. The first kappa shape index (κ1) is 13.9. The summed E-state index contributed by atoms with van der Waals surface area (Å²) in [5.74, 6) is -0.827. The molecule has 0 bridgehead atoms. The Bertz CT molecular complexity index is 421. The number of hydrogen-bond acceptors (Lipinski definition) is 2. The molecule has 17 heavy (non-hydrogen) atoms. The molecule has 5 heteroatoms. The second-order valence-corrected chi connectivity index (χ2v) is 4.97. The van der Waals surface area contributed by atoms with Gasteiger partial charge >= 0.3 is 0 Å². The van der Waals surface area contributed by atoms with Crippen LogP contribution in [-0.4, -0.2) is 11.4 Å². The van der Waals surface area contributed by atoms with Crippen LogP contribution in [0.2, 0.25) is 5.02 Å². The lowest BCUT2D eigenvalue weighted by atomic mass is 10.00. The van der Waals surface area contributed by atoms with Gasteiger partial charge in [0, 0.05) is 18.5 Å². The van der Waals surface area contributed by atoms with Crippen LogP contribution in [0.3, 0.4) is 0 Å². The first-order valence-corrected chi connectivity index (χ1v) is 5.66. The van der Waals surface area contributed by atoms with E-state index in [1.165, 1.54) is 6.07 Å². The first-order chi connectivity index (χ1) is 7.82.